The number of hydrogen-bond acceptors (Lipinski definition) is 3. The Bertz CT molecular complexity index is 457. The summed E-state index contributed by atoms with van der Waals surface area (Å²) in [6, 6.07) is 2.08. The molecule has 0 aromatic carbocycles. The van der Waals surface area contributed by atoms with Gasteiger partial charge in [0.2, 0.25) is 5.91 Å². The molecular formula is C16H26N4O. The van der Waals surface area contributed by atoms with Crippen molar-refractivity contribution in [2.24, 2.45) is 0 Å². The number of carbonyl (C=O) groups excluding carboxylic acids is 1. The first-order valence-electron chi connectivity index (χ1n) is 8.35. The molecule has 2 saturated heterocycles. The van der Waals surface area contributed by atoms with Crippen LogP contribution in [0.4, 0.5) is 0 Å². The second kappa shape index (κ2) is 7.07. The molecule has 1 amide bonds. The van der Waals surface area contributed by atoms with Crippen LogP contribution in [-0.4, -0.2) is 46.8 Å². The van der Waals surface area contributed by atoms with E-state index in [1.54, 1.807) is 0 Å². The quantitative estimate of drug-likeness (QED) is 0.923. The number of likely N-dealkylation sites (tertiary alicyclic amines) is 1. The topological polar surface area (TPSA) is 50.2 Å². The fourth-order valence-corrected chi connectivity index (χ4v) is 3.47. The molecule has 5 nitrogen and oxygen atoms in total. The summed E-state index contributed by atoms with van der Waals surface area (Å²) in [5.41, 5.74) is 1.21. The summed E-state index contributed by atoms with van der Waals surface area (Å²) in [6.07, 6.45) is 9.02. The van der Waals surface area contributed by atoms with Crippen LogP contribution in [0.1, 0.15) is 50.1 Å². The lowest BCUT2D eigenvalue weighted by Crippen LogP contribution is -2.36. The van der Waals surface area contributed by atoms with E-state index < -0.39 is 0 Å². The number of amides is 1. The zero-order valence-electron chi connectivity index (χ0n) is 12.8. The zero-order valence-corrected chi connectivity index (χ0v) is 12.8. The molecule has 1 N–H and O–H groups in total. The van der Waals surface area contributed by atoms with Crippen molar-refractivity contribution in [2.45, 2.75) is 51.0 Å². The van der Waals surface area contributed by atoms with Gasteiger partial charge in [-0.25, -0.2) is 0 Å². The second-order valence-corrected chi connectivity index (χ2v) is 6.25. The van der Waals surface area contributed by atoms with Crippen LogP contribution >= 0.6 is 0 Å². The van der Waals surface area contributed by atoms with Crippen LogP contribution in [0.25, 0.3) is 0 Å². The summed E-state index contributed by atoms with van der Waals surface area (Å²) in [6.45, 7) is 4.35. The monoisotopic (exact) mass is 290 g/mol. The van der Waals surface area contributed by atoms with E-state index in [0.717, 1.165) is 39.0 Å². The zero-order chi connectivity index (χ0) is 14.5. The third-order valence-corrected chi connectivity index (χ3v) is 4.71. The van der Waals surface area contributed by atoms with E-state index in [9.17, 15) is 4.79 Å². The third-order valence-electron chi connectivity index (χ3n) is 4.71. The molecule has 2 aliphatic heterocycles. The summed E-state index contributed by atoms with van der Waals surface area (Å²) in [5.74, 6) is 0.726. The third kappa shape index (κ3) is 3.64. The highest BCUT2D eigenvalue weighted by Crippen LogP contribution is 2.23. The molecule has 0 unspecified atom stereocenters. The Hall–Kier alpha value is -1.36. The van der Waals surface area contributed by atoms with Crippen molar-refractivity contribution in [1.29, 1.82) is 0 Å². The molecule has 116 valence electrons. The van der Waals surface area contributed by atoms with E-state index in [0.29, 0.717) is 12.5 Å². The van der Waals surface area contributed by atoms with Gasteiger partial charge in [-0.3, -0.25) is 9.48 Å². The molecule has 0 bridgehead atoms. The van der Waals surface area contributed by atoms with Gasteiger partial charge in [0.25, 0.3) is 0 Å². The number of nitrogens with zero attached hydrogens (tertiary/aromatic N) is 3. The van der Waals surface area contributed by atoms with E-state index >= 15 is 0 Å². The van der Waals surface area contributed by atoms with Crippen molar-refractivity contribution < 1.29 is 4.79 Å². The molecule has 0 spiro atoms. The van der Waals surface area contributed by atoms with Gasteiger partial charge in [0.15, 0.2) is 0 Å². The normalized spacial score (nSPS) is 23.8. The number of hydrogen-bond donors (Lipinski definition) is 1. The maximum absolute atomic E-state index is 12.5. The Kier molecular flexibility index (Phi) is 4.91. The van der Waals surface area contributed by atoms with Gasteiger partial charge in [0.05, 0.1) is 0 Å². The standard InChI is InChI=1S/C16H26N4O/c21-16(19-10-3-1-2-4-11-19)13-20-15(7-9-18-20)14-6-5-8-17-12-14/h7,9,14,17H,1-6,8,10-13H2/t14-/m1/s1. The summed E-state index contributed by atoms with van der Waals surface area (Å²) in [7, 11) is 0. The lowest BCUT2D eigenvalue weighted by atomic mass is 9.96. The van der Waals surface area contributed by atoms with Gasteiger partial charge in [0.1, 0.15) is 6.54 Å². The van der Waals surface area contributed by atoms with Gasteiger partial charge < -0.3 is 10.2 Å². The van der Waals surface area contributed by atoms with Crippen molar-refractivity contribution in [3.8, 4) is 0 Å². The second-order valence-electron chi connectivity index (χ2n) is 6.25. The molecule has 2 aliphatic rings. The van der Waals surface area contributed by atoms with Crippen LogP contribution in [-0.2, 0) is 11.3 Å². The van der Waals surface area contributed by atoms with Gasteiger partial charge >= 0.3 is 0 Å². The minimum Gasteiger partial charge on any atom is -0.341 e. The molecule has 5 heteroatoms. The van der Waals surface area contributed by atoms with Gasteiger partial charge in [-0.05, 0) is 38.3 Å². The first-order chi connectivity index (χ1) is 10.3. The number of carbonyl (C=O) groups is 1. The summed E-state index contributed by atoms with van der Waals surface area (Å²) < 4.78 is 1.92. The molecule has 1 atom stereocenters. The maximum Gasteiger partial charge on any atom is 0.244 e. The van der Waals surface area contributed by atoms with Crippen molar-refractivity contribution >= 4 is 5.91 Å². The Morgan fingerprint density at radius 1 is 1.24 bits per heavy atom. The number of rotatable bonds is 3. The summed E-state index contributed by atoms with van der Waals surface area (Å²) >= 11 is 0. The number of piperidine rings is 1. The predicted molar refractivity (Wildman–Crippen MR) is 82.1 cm³/mol. The average Bonchev–Trinajstić information content (AvgIpc) is 2.81. The van der Waals surface area contributed by atoms with E-state index in [4.69, 9.17) is 0 Å². The fraction of sp³-hybridized carbons (Fsp3) is 0.750. The Labute approximate surface area is 126 Å². The van der Waals surface area contributed by atoms with Crippen LogP contribution in [0.15, 0.2) is 12.3 Å². The first-order valence-corrected chi connectivity index (χ1v) is 8.35. The van der Waals surface area contributed by atoms with Crippen LogP contribution in [0, 0.1) is 0 Å². The van der Waals surface area contributed by atoms with E-state index in [1.807, 2.05) is 15.8 Å². The highest BCUT2D eigenvalue weighted by Gasteiger charge is 2.22. The first kappa shape index (κ1) is 14.6. The molecular weight excluding hydrogens is 264 g/mol. The van der Waals surface area contributed by atoms with Crippen molar-refractivity contribution in [2.75, 3.05) is 26.2 Å². The predicted octanol–water partition coefficient (Wildman–Crippen LogP) is 1.75. The maximum atomic E-state index is 12.5. The molecule has 2 fully saturated rings. The van der Waals surface area contributed by atoms with Crippen LogP contribution in [0.2, 0.25) is 0 Å². The molecule has 3 rings (SSSR count). The van der Waals surface area contributed by atoms with Gasteiger partial charge in [-0.2, -0.15) is 5.10 Å². The van der Waals surface area contributed by atoms with Gasteiger partial charge in [-0.1, -0.05) is 12.8 Å². The van der Waals surface area contributed by atoms with Crippen molar-refractivity contribution in [3.63, 3.8) is 0 Å². The minimum absolute atomic E-state index is 0.227. The summed E-state index contributed by atoms with van der Waals surface area (Å²) in [4.78, 5) is 14.5. The van der Waals surface area contributed by atoms with Gasteiger partial charge in [-0.15, -0.1) is 0 Å². The average molecular weight is 290 g/mol. The van der Waals surface area contributed by atoms with Gasteiger partial charge in [0, 0.05) is 37.4 Å². The van der Waals surface area contributed by atoms with Crippen LogP contribution < -0.4 is 5.32 Å². The smallest absolute Gasteiger partial charge is 0.244 e. The fourth-order valence-electron chi connectivity index (χ4n) is 3.47. The van der Waals surface area contributed by atoms with E-state index in [2.05, 4.69) is 16.5 Å². The lowest BCUT2D eigenvalue weighted by molar-refractivity contribution is -0.132. The Balaban J connectivity index is 1.64. The highest BCUT2D eigenvalue weighted by atomic mass is 16.2. The molecule has 0 saturated carbocycles. The number of nitrogens with one attached hydrogen (secondary N) is 1. The van der Waals surface area contributed by atoms with Crippen molar-refractivity contribution in [1.82, 2.24) is 20.0 Å². The highest BCUT2D eigenvalue weighted by molar-refractivity contribution is 5.76. The SMILES string of the molecule is O=C(Cn1nccc1[C@@H]1CCCNC1)N1CCCCCC1. The van der Waals surface area contributed by atoms with Crippen molar-refractivity contribution in [3.05, 3.63) is 18.0 Å². The Morgan fingerprint density at radius 3 is 2.76 bits per heavy atom. The van der Waals surface area contributed by atoms with Crippen LogP contribution in [0.3, 0.4) is 0 Å². The van der Waals surface area contributed by atoms with E-state index in [1.165, 1.54) is 31.4 Å². The minimum atomic E-state index is 0.227. The molecule has 3 heterocycles. The molecule has 0 aliphatic carbocycles. The lowest BCUT2D eigenvalue weighted by Gasteiger charge is -2.25. The van der Waals surface area contributed by atoms with Crippen LogP contribution in [0.5, 0.6) is 0 Å². The largest absolute Gasteiger partial charge is 0.341 e. The molecule has 1 aromatic rings. The Morgan fingerprint density at radius 2 is 2.05 bits per heavy atom. The molecule has 21 heavy (non-hydrogen) atoms. The number of aromatic nitrogens is 2. The summed E-state index contributed by atoms with van der Waals surface area (Å²) in [5, 5.41) is 7.83. The van der Waals surface area contributed by atoms with E-state index in [-0.39, 0.29) is 5.91 Å². The molecule has 0 radical (unpaired) electrons. The molecule has 1 aromatic heterocycles.